The van der Waals surface area contributed by atoms with Crippen LogP contribution in [0, 0.1) is 6.92 Å². The molecule has 2 N–H and O–H groups in total. The van der Waals surface area contributed by atoms with Crippen LogP contribution in [0.1, 0.15) is 21.5 Å². The monoisotopic (exact) mass is 380 g/mol. The van der Waals surface area contributed by atoms with Gasteiger partial charge in [-0.1, -0.05) is 27.7 Å². The number of carboxylic acid groups (broad SMARTS) is 1. The van der Waals surface area contributed by atoms with E-state index in [1.54, 1.807) is 18.3 Å². The first-order chi connectivity index (χ1) is 10.5. The fraction of sp³-hybridized carbons (Fsp3) is 0.133. The number of amides is 1. The molecule has 1 amide bonds. The summed E-state index contributed by atoms with van der Waals surface area (Å²) in [5.41, 5.74) is 2.30. The Balaban J connectivity index is 2.40. The van der Waals surface area contributed by atoms with Gasteiger partial charge < -0.3 is 10.4 Å². The normalized spacial score (nSPS) is 10.3. The van der Waals surface area contributed by atoms with E-state index in [1.165, 1.54) is 11.8 Å². The van der Waals surface area contributed by atoms with Crippen molar-refractivity contribution in [3.63, 3.8) is 0 Å². The minimum atomic E-state index is -1.08. The van der Waals surface area contributed by atoms with Crippen molar-refractivity contribution in [2.24, 2.45) is 0 Å². The highest BCUT2D eigenvalue weighted by molar-refractivity contribution is 9.10. The van der Waals surface area contributed by atoms with Gasteiger partial charge in [-0.2, -0.15) is 0 Å². The molecule has 1 heterocycles. The Morgan fingerprint density at radius 1 is 1.50 bits per heavy atom. The highest BCUT2D eigenvalue weighted by Crippen LogP contribution is 2.35. The smallest absolute Gasteiger partial charge is 0.404 e. The maximum atomic E-state index is 11.1. The minimum absolute atomic E-state index is 0.182. The van der Waals surface area contributed by atoms with Gasteiger partial charge in [0.15, 0.2) is 6.29 Å². The lowest BCUT2D eigenvalue weighted by atomic mass is 10.1. The third-order valence-corrected chi connectivity index (χ3v) is 4.65. The summed E-state index contributed by atoms with van der Waals surface area (Å²) in [5, 5.41) is 11.7. The average Bonchev–Trinajstić information content (AvgIpc) is 2.48. The Kier molecular flexibility index (Phi) is 5.57. The van der Waals surface area contributed by atoms with Crippen molar-refractivity contribution in [1.29, 1.82) is 0 Å². The Bertz CT molecular complexity index is 722. The van der Waals surface area contributed by atoms with Crippen LogP contribution in [-0.2, 0) is 6.54 Å². The Morgan fingerprint density at radius 3 is 2.95 bits per heavy atom. The van der Waals surface area contributed by atoms with Crippen LogP contribution >= 0.6 is 27.7 Å². The highest BCUT2D eigenvalue weighted by atomic mass is 79.9. The number of hydrogen-bond donors (Lipinski definition) is 2. The van der Waals surface area contributed by atoms with Crippen molar-refractivity contribution in [3.05, 3.63) is 51.6 Å². The van der Waals surface area contributed by atoms with E-state index in [0.29, 0.717) is 10.6 Å². The predicted octanol–water partition coefficient (Wildman–Crippen LogP) is 3.88. The van der Waals surface area contributed by atoms with E-state index >= 15 is 0 Å². The molecule has 1 aromatic heterocycles. The van der Waals surface area contributed by atoms with E-state index in [1.807, 2.05) is 19.1 Å². The first kappa shape index (κ1) is 16.5. The number of aromatic nitrogens is 1. The lowest BCUT2D eigenvalue weighted by Gasteiger charge is -2.13. The second kappa shape index (κ2) is 7.42. The molecule has 0 bridgehead atoms. The summed E-state index contributed by atoms with van der Waals surface area (Å²) in [6.07, 6.45) is 1.30. The number of nitrogens with one attached hydrogen (secondary N) is 1. The second-order valence-corrected chi connectivity index (χ2v) is 6.40. The van der Waals surface area contributed by atoms with Crippen molar-refractivity contribution < 1.29 is 14.7 Å². The van der Waals surface area contributed by atoms with Crippen LogP contribution in [0.15, 0.2) is 44.9 Å². The molecule has 0 spiro atoms. The van der Waals surface area contributed by atoms with Crippen molar-refractivity contribution in [3.8, 4) is 0 Å². The summed E-state index contributed by atoms with van der Waals surface area (Å²) in [6.45, 7) is 2.11. The van der Waals surface area contributed by atoms with Crippen molar-refractivity contribution in [2.75, 3.05) is 0 Å². The first-order valence-electron chi connectivity index (χ1n) is 6.35. The van der Waals surface area contributed by atoms with Crippen LogP contribution < -0.4 is 5.32 Å². The quantitative estimate of drug-likeness (QED) is 0.769. The maximum absolute atomic E-state index is 11.1. The molecule has 0 saturated heterocycles. The van der Waals surface area contributed by atoms with Crippen LogP contribution in [0.2, 0.25) is 0 Å². The number of carbonyl (C=O) groups excluding carboxylic acids is 1. The zero-order chi connectivity index (χ0) is 16.1. The van der Waals surface area contributed by atoms with E-state index in [4.69, 9.17) is 5.11 Å². The third kappa shape index (κ3) is 4.08. The van der Waals surface area contributed by atoms with Gasteiger partial charge in [-0.25, -0.2) is 9.78 Å². The van der Waals surface area contributed by atoms with E-state index in [9.17, 15) is 9.59 Å². The number of pyridine rings is 1. The number of rotatable bonds is 5. The number of benzene rings is 1. The highest BCUT2D eigenvalue weighted by Gasteiger charge is 2.13. The summed E-state index contributed by atoms with van der Waals surface area (Å²) in [7, 11) is 0. The molecular formula is C15H13BrN2O3S. The Labute approximate surface area is 140 Å². The fourth-order valence-corrected chi connectivity index (χ4v) is 3.57. The summed E-state index contributed by atoms with van der Waals surface area (Å²) >= 11 is 4.77. The van der Waals surface area contributed by atoms with Crippen molar-refractivity contribution in [2.45, 2.75) is 23.4 Å². The second-order valence-electron chi connectivity index (χ2n) is 4.49. The third-order valence-electron chi connectivity index (χ3n) is 2.87. The molecule has 0 atom stereocenters. The molecule has 0 radical (unpaired) electrons. The molecule has 2 rings (SSSR count). The Hall–Kier alpha value is -1.86. The average molecular weight is 381 g/mol. The number of aryl methyl sites for hydroxylation is 1. The summed E-state index contributed by atoms with van der Waals surface area (Å²) in [4.78, 5) is 26.9. The number of hydrogen-bond acceptors (Lipinski definition) is 4. The van der Waals surface area contributed by atoms with Crippen LogP contribution in [0.3, 0.4) is 0 Å². The Morgan fingerprint density at radius 2 is 2.27 bits per heavy atom. The van der Waals surface area contributed by atoms with Gasteiger partial charge in [0.1, 0.15) is 5.03 Å². The zero-order valence-corrected chi connectivity index (χ0v) is 14.1. The summed E-state index contributed by atoms with van der Waals surface area (Å²) < 4.78 is 0.869. The molecule has 0 aliphatic carbocycles. The molecule has 114 valence electrons. The number of nitrogens with zero attached hydrogens (tertiary/aromatic N) is 1. The van der Waals surface area contributed by atoms with E-state index < -0.39 is 6.09 Å². The van der Waals surface area contributed by atoms with E-state index in [2.05, 4.69) is 26.2 Å². The van der Waals surface area contributed by atoms with Gasteiger partial charge in [-0.15, -0.1) is 0 Å². The SMILES string of the molecule is Cc1cc(Br)cc(CNC(=O)O)c1Sc1ncccc1C=O. The molecule has 0 fully saturated rings. The van der Waals surface area contributed by atoms with Crippen molar-refractivity contribution in [1.82, 2.24) is 10.3 Å². The van der Waals surface area contributed by atoms with Gasteiger partial charge in [0.2, 0.25) is 0 Å². The molecule has 0 aliphatic heterocycles. The fourth-order valence-electron chi connectivity index (χ4n) is 1.92. The number of aldehydes is 1. The predicted molar refractivity (Wildman–Crippen MR) is 87.5 cm³/mol. The topological polar surface area (TPSA) is 79.3 Å². The van der Waals surface area contributed by atoms with Crippen LogP contribution in [0.4, 0.5) is 4.79 Å². The molecular weight excluding hydrogens is 368 g/mol. The molecule has 22 heavy (non-hydrogen) atoms. The molecule has 0 aliphatic rings. The standard InChI is InChI=1S/C15H13BrN2O3S/c1-9-5-12(16)6-11(7-18-15(20)21)13(9)22-14-10(8-19)3-2-4-17-14/h2-6,8,18H,7H2,1H3,(H,20,21). The van der Waals surface area contributed by atoms with Gasteiger partial charge in [0.25, 0.3) is 0 Å². The van der Waals surface area contributed by atoms with Gasteiger partial charge >= 0.3 is 6.09 Å². The summed E-state index contributed by atoms with van der Waals surface area (Å²) in [5.74, 6) is 0. The molecule has 0 unspecified atom stereocenters. The van der Waals surface area contributed by atoms with Crippen LogP contribution in [0.5, 0.6) is 0 Å². The minimum Gasteiger partial charge on any atom is -0.465 e. The zero-order valence-electron chi connectivity index (χ0n) is 11.7. The van der Waals surface area contributed by atoms with Crippen LogP contribution in [0.25, 0.3) is 0 Å². The lowest BCUT2D eigenvalue weighted by Crippen LogP contribution is -2.20. The summed E-state index contributed by atoms with van der Waals surface area (Å²) in [6, 6.07) is 7.20. The molecule has 7 heteroatoms. The lowest BCUT2D eigenvalue weighted by molar-refractivity contribution is 0.112. The van der Waals surface area contributed by atoms with Gasteiger partial charge in [-0.05, 0) is 42.3 Å². The van der Waals surface area contributed by atoms with E-state index in [0.717, 1.165) is 26.8 Å². The largest absolute Gasteiger partial charge is 0.465 e. The molecule has 0 saturated carbocycles. The van der Waals surface area contributed by atoms with E-state index in [-0.39, 0.29) is 6.54 Å². The van der Waals surface area contributed by atoms with Gasteiger partial charge in [0.05, 0.1) is 0 Å². The van der Waals surface area contributed by atoms with Gasteiger partial charge in [-0.3, -0.25) is 4.79 Å². The maximum Gasteiger partial charge on any atom is 0.404 e. The van der Waals surface area contributed by atoms with Crippen molar-refractivity contribution >= 4 is 40.1 Å². The number of halogens is 1. The number of carbonyl (C=O) groups is 2. The molecule has 2 aromatic rings. The molecule has 5 nitrogen and oxygen atoms in total. The van der Waals surface area contributed by atoms with Gasteiger partial charge in [0, 0.05) is 27.7 Å². The molecule has 1 aromatic carbocycles. The van der Waals surface area contributed by atoms with Crippen LogP contribution in [-0.4, -0.2) is 22.5 Å². The first-order valence-corrected chi connectivity index (χ1v) is 7.96.